The molecule has 21 heavy (non-hydrogen) atoms. The first-order valence-corrected chi connectivity index (χ1v) is 6.71. The van der Waals surface area contributed by atoms with Crippen molar-refractivity contribution in [3.63, 3.8) is 0 Å². The molecule has 2 unspecified atom stereocenters. The number of hydrogen-bond donors (Lipinski definition) is 2. The summed E-state index contributed by atoms with van der Waals surface area (Å²) in [5.74, 6) is -0.344. The number of phenols is 1. The molecule has 0 spiro atoms. The Labute approximate surface area is 120 Å². The molecule has 0 aliphatic carbocycles. The zero-order valence-electron chi connectivity index (χ0n) is 11.3. The number of phenolic OH excluding ortho intramolecular Hbond substituents is 1. The molecule has 0 radical (unpaired) electrons. The van der Waals surface area contributed by atoms with Gasteiger partial charge in [-0.05, 0) is 37.0 Å². The minimum absolute atomic E-state index is 0.121. The van der Waals surface area contributed by atoms with Crippen LogP contribution in [0.4, 0.5) is 13.2 Å². The predicted molar refractivity (Wildman–Crippen MR) is 70.8 cm³/mol. The molecule has 1 aliphatic rings. The Kier molecular flexibility index (Phi) is 4.90. The first-order chi connectivity index (χ1) is 9.83. The monoisotopic (exact) mass is 302 g/mol. The average Bonchev–Trinajstić information content (AvgIpc) is 2.38. The van der Waals surface area contributed by atoms with Gasteiger partial charge in [-0.25, -0.2) is 0 Å². The van der Waals surface area contributed by atoms with E-state index in [9.17, 15) is 23.4 Å². The SMILES string of the molecule is Oc1ccc(CCC2CC=CC(O)O2)cc1CC(F)(F)F. The van der Waals surface area contributed by atoms with Gasteiger partial charge in [0.2, 0.25) is 0 Å². The van der Waals surface area contributed by atoms with Gasteiger partial charge in [0.05, 0.1) is 12.5 Å². The second kappa shape index (κ2) is 6.49. The number of halogens is 3. The summed E-state index contributed by atoms with van der Waals surface area (Å²) in [6.07, 6.45) is -1.39. The van der Waals surface area contributed by atoms with Crippen molar-refractivity contribution in [1.29, 1.82) is 0 Å². The zero-order chi connectivity index (χ0) is 15.5. The van der Waals surface area contributed by atoms with Gasteiger partial charge >= 0.3 is 6.18 Å². The average molecular weight is 302 g/mol. The number of aromatic hydroxyl groups is 1. The minimum atomic E-state index is -4.35. The van der Waals surface area contributed by atoms with Crippen LogP contribution in [0.3, 0.4) is 0 Å². The molecule has 1 heterocycles. The van der Waals surface area contributed by atoms with E-state index < -0.39 is 18.9 Å². The molecule has 0 saturated heterocycles. The lowest BCUT2D eigenvalue weighted by atomic mass is 10.00. The molecule has 0 saturated carbocycles. The molecule has 2 rings (SSSR count). The lowest BCUT2D eigenvalue weighted by Crippen LogP contribution is -2.24. The van der Waals surface area contributed by atoms with Crippen molar-refractivity contribution < 1.29 is 28.1 Å². The van der Waals surface area contributed by atoms with E-state index in [1.54, 1.807) is 12.1 Å². The van der Waals surface area contributed by atoms with E-state index in [0.29, 0.717) is 24.8 Å². The molecule has 0 bridgehead atoms. The van der Waals surface area contributed by atoms with Gasteiger partial charge in [0.1, 0.15) is 5.75 Å². The third-order valence-corrected chi connectivity index (χ3v) is 3.32. The van der Waals surface area contributed by atoms with Crippen molar-refractivity contribution in [3.8, 4) is 5.75 Å². The first-order valence-electron chi connectivity index (χ1n) is 6.71. The molecular formula is C15H17F3O3. The van der Waals surface area contributed by atoms with E-state index in [1.165, 1.54) is 12.1 Å². The van der Waals surface area contributed by atoms with Crippen molar-refractivity contribution in [2.75, 3.05) is 0 Å². The van der Waals surface area contributed by atoms with Gasteiger partial charge in [0.25, 0.3) is 0 Å². The standard InChI is InChI=1S/C15H17F3O3/c16-15(17,18)9-11-8-10(5-7-13(11)19)4-6-12-2-1-3-14(20)21-12/h1,3,5,7-8,12,14,19-20H,2,4,6,9H2. The van der Waals surface area contributed by atoms with E-state index in [1.807, 2.05) is 6.08 Å². The maximum absolute atomic E-state index is 12.4. The fraction of sp³-hybridized carbons (Fsp3) is 0.467. The highest BCUT2D eigenvalue weighted by molar-refractivity contribution is 5.36. The Morgan fingerprint density at radius 3 is 2.71 bits per heavy atom. The number of aliphatic hydroxyl groups is 1. The summed E-state index contributed by atoms with van der Waals surface area (Å²) in [7, 11) is 0. The molecule has 2 N–H and O–H groups in total. The second-order valence-corrected chi connectivity index (χ2v) is 5.11. The number of ether oxygens (including phenoxy) is 1. The van der Waals surface area contributed by atoms with Gasteiger partial charge in [-0.1, -0.05) is 18.2 Å². The van der Waals surface area contributed by atoms with Crippen molar-refractivity contribution in [1.82, 2.24) is 0 Å². The maximum Gasteiger partial charge on any atom is 0.393 e. The van der Waals surface area contributed by atoms with E-state index in [0.717, 1.165) is 0 Å². The Morgan fingerprint density at radius 1 is 1.29 bits per heavy atom. The van der Waals surface area contributed by atoms with Gasteiger partial charge in [-0.3, -0.25) is 0 Å². The van der Waals surface area contributed by atoms with Crippen LogP contribution < -0.4 is 0 Å². The quantitative estimate of drug-likeness (QED) is 0.840. The van der Waals surface area contributed by atoms with Gasteiger partial charge in [0.15, 0.2) is 6.29 Å². The Balaban J connectivity index is 1.97. The van der Waals surface area contributed by atoms with Crippen LogP contribution in [0.1, 0.15) is 24.0 Å². The molecule has 0 amide bonds. The molecule has 0 fully saturated rings. The zero-order valence-corrected chi connectivity index (χ0v) is 11.3. The minimum Gasteiger partial charge on any atom is -0.508 e. The lowest BCUT2D eigenvalue weighted by molar-refractivity contribution is -0.127. The smallest absolute Gasteiger partial charge is 0.393 e. The predicted octanol–water partition coefficient (Wildman–Crippen LogP) is 3.09. The number of benzene rings is 1. The fourth-order valence-corrected chi connectivity index (χ4v) is 2.31. The van der Waals surface area contributed by atoms with Crippen LogP contribution >= 0.6 is 0 Å². The lowest BCUT2D eigenvalue weighted by Gasteiger charge is -2.22. The van der Waals surface area contributed by atoms with Crippen LogP contribution in [0, 0.1) is 0 Å². The molecular weight excluding hydrogens is 285 g/mol. The van der Waals surface area contributed by atoms with E-state index >= 15 is 0 Å². The Hall–Kier alpha value is -1.53. The molecule has 3 nitrogen and oxygen atoms in total. The largest absolute Gasteiger partial charge is 0.508 e. The van der Waals surface area contributed by atoms with E-state index in [2.05, 4.69) is 0 Å². The summed E-state index contributed by atoms with van der Waals surface area (Å²) < 4.78 is 42.5. The third kappa shape index (κ3) is 5.06. The third-order valence-electron chi connectivity index (χ3n) is 3.32. The first kappa shape index (κ1) is 15.9. The van der Waals surface area contributed by atoms with Gasteiger partial charge in [0, 0.05) is 5.56 Å². The number of alkyl halides is 3. The summed E-state index contributed by atoms with van der Waals surface area (Å²) in [4.78, 5) is 0. The molecule has 0 aromatic heterocycles. The van der Waals surface area contributed by atoms with Crippen molar-refractivity contribution in [2.45, 2.75) is 44.3 Å². The van der Waals surface area contributed by atoms with Crippen LogP contribution in [-0.2, 0) is 17.6 Å². The summed E-state index contributed by atoms with van der Waals surface area (Å²) >= 11 is 0. The highest BCUT2D eigenvalue weighted by Crippen LogP contribution is 2.28. The number of rotatable bonds is 4. The topological polar surface area (TPSA) is 49.7 Å². The Bertz CT molecular complexity index is 511. The highest BCUT2D eigenvalue weighted by Gasteiger charge is 2.29. The van der Waals surface area contributed by atoms with Gasteiger partial charge in [-0.15, -0.1) is 0 Å². The highest BCUT2D eigenvalue weighted by atomic mass is 19.4. The van der Waals surface area contributed by atoms with Gasteiger partial charge < -0.3 is 14.9 Å². The molecule has 6 heteroatoms. The molecule has 1 aromatic carbocycles. The molecule has 1 aliphatic heterocycles. The van der Waals surface area contributed by atoms with Crippen LogP contribution in [0.15, 0.2) is 30.4 Å². The van der Waals surface area contributed by atoms with Crippen LogP contribution in [-0.4, -0.2) is 28.8 Å². The number of hydrogen-bond acceptors (Lipinski definition) is 3. The molecule has 116 valence electrons. The van der Waals surface area contributed by atoms with Crippen LogP contribution in [0.5, 0.6) is 5.75 Å². The van der Waals surface area contributed by atoms with E-state index in [4.69, 9.17) is 4.74 Å². The fourth-order valence-electron chi connectivity index (χ4n) is 2.31. The van der Waals surface area contributed by atoms with Crippen LogP contribution in [0.25, 0.3) is 0 Å². The van der Waals surface area contributed by atoms with Crippen molar-refractivity contribution in [2.24, 2.45) is 0 Å². The van der Waals surface area contributed by atoms with Gasteiger partial charge in [-0.2, -0.15) is 13.2 Å². The maximum atomic E-state index is 12.4. The molecule has 2 atom stereocenters. The van der Waals surface area contributed by atoms with Crippen molar-refractivity contribution >= 4 is 0 Å². The van der Waals surface area contributed by atoms with Crippen molar-refractivity contribution in [3.05, 3.63) is 41.5 Å². The summed E-state index contributed by atoms with van der Waals surface area (Å²) in [5.41, 5.74) is 0.587. The molecule has 1 aromatic rings. The Morgan fingerprint density at radius 2 is 2.05 bits per heavy atom. The summed E-state index contributed by atoms with van der Waals surface area (Å²) in [6.45, 7) is 0. The normalized spacial score (nSPS) is 22.5. The summed E-state index contributed by atoms with van der Waals surface area (Å²) in [5, 5.41) is 18.8. The summed E-state index contributed by atoms with van der Waals surface area (Å²) in [6, 6.07) is 4.26. The van der Waals surface area contributed by atoms with E-state index in [-0.39, 0.29) is 17.4 Å². The number of aryl methyl sites for hydroxylation is 1. The van der Waals surface area contributed by atoms with Crippen LogP contribution in [0.2, 0.25) is 0 Å². The second-order valence-electron chi connectivity index (χ2n) is 5.11. The number of aliphatic hydroxyl groups excluding tert-OH is 1.